The summed E-state index contributed by atoms with van der Waals surface area (Å²) >= 11 is 0. The summed E-state index contributed by atoms with van der Waals surface area (Å²) in [7, 11) is 0. The van der Waals surface area contributed by atoms with Crippen molar-refractivity contribution >= 4 is 0 Å². The normalized spacial score (nSPS) is 26.8. The zero-order valence-corrected chi connectivity index (χ0v) is 11.0. The quantitative estimate of drug-likeness (QED) is 0.795. The first-order valence-corrected chi connectivity index (χ1v) is 6.47. The van der Waals surface area contributed by atoms with Crippen LogP contribution in [0.5, 0.6) is 0 Å². The van der Waals surface area contributed by atoms with Crippen LogP contribution < -0.4 is 5.32 Å². The van der Waals surface area contributed by atoms with E-state index < -0.39 is 12.6 Å². The van der Waals surface area contributed by atoms with Gasteiger partial charge in [-0.15, -0.1) is 0 Å². The lowest BCUT2D eigenvalue weighted by atomic mass is 9.90. The Hall–Kier alpha value is -0.330. The fraction of sp³-hybridized carbons (Fsp3) is 1.00. The Kier molecular flexibility index (Phi) is 5.88. The summed E-state index contributed by atoms with van der Waals surface area (Å²) in [5.41, 5.74) is 0. The number of nitrogens with one attached hydrogen (secondary N) is 1. The molecule has 2 atom stereocenters. The molecule has 1 rings (SSSR count). The van der Waals surface area contributed by atoms with E-state index in [0.29, 0.717) is 19.5 Å². The average Bonchev–Trinajstić information content (AvgIpc) is 2.23. The number of rotatable bonds is 5. The van der Waals surface area contributed by atoms with E-state index in [1.54, 1.807) is 0 Å². The zero-order valence-electron chi connectivity index (χ0n) is 11.0. The van der Waals surface area contributed by atoms with Gasteiger partial charge in [0, 0.05) is 38.1 Å². The Morgan fingerprint density at radius 3 is 2.50 bits per heavy atom. The summed E-state index contributed by atoms with van der Waals surface area (Å²) in [4.78, 5) is 2.08. The predicted octanol–water partition coefficient (Wildman–Crippen LogP) is 1.62. The molecule has 0 aliphatic carbocycles. The number of likely N-dealkylation sites (tertiary alicyclic amines) is 1. The number of alkyl halides is 3. The molecule has 0 bridgehead atoms. The van der Waals surface area contributed by atoms with Crippen molar-refractivity contribution < 1.29 is 18.3 Å². The molecule has 1 aliphatic heterocycles. The second-order valence-electron chi connectivity index (χ2n) is 5.34. The van der Waals surface area contributed by atoms with Crippen LogP contribution in [-0.4, -0.2) is 54.5 Å². The lowest BCUT2D eigenvalue weighted by Crippen LogP contribution is -2.52. The van der Waals surface area contributed by atoms with Gasteiger partial charge in [-0.1, -0.05) is 0 Å². The molecule has 3 nitrogen and oxygen atoms in total. The highest BCUT2D eigenvalue weighted by molar-refractivity contribution is 4.85. The minimum atomic E-state index is -4.09. The van der Waals surface area contributed by atoms with Gasteiger partial charge in [-0.05, 0) is 26.2 Å². The van der Waals surface area contributed by atoms with Crippen molar-refractivity contribution in [3.63, 3.8) is 0 Å². The van der Waals surface area contributed by atoms with Crippen LogP contribution in [0.4, 0.5) is 13.2 Å². The van der Waals surface area contributed by atoms with Crippen molar-refractivity contribution in [1.29, 1.82) is 0 Å². The molecule has 0 amide bonds. The highest BCUT2D eigenvalue weighted by atomic mass is 19.4. The maximum Gasteiger partial charge on any atom is 0.389 e. The van der Waals surface area contributed by atoms with Crippen molar-refractivity contribution in [3.05, 3.63) is 0 Å². The number of aliphatic hydroxyl groups is 1. The molecule has 2 unspecified atom stereocenters. The molecule has 1 aliphatic rings. The summed E-state index contributed by atoms with van der Waals surface area (Å²) in [6.45, 7) is 5.72. The number of aliphatic hydroxyl groups excluding tert-OH is 1. The average molecular weight is 268 g/mol. The van der Waals surface area contributed by atoms with Gasteiger partial charge in [0.25, 0.3) is 0 Å². The van der Waals surface area contributed by atoms with Crippen molar-refractivity contribution in [3.8, 4) is 0 Å². The Balaban J connectivity index is 2.56. The first-order valence-electron chi connectivity index (χ1n) is 6.47. The summed E-state index contributed by atoms with van der Waals surface area (Å²) in [6.07, 6.45) is -4.28. The van der Waals surface area contributed by atoms with Crippen LogP contribution in [0.15, 0.2) is 0 Å². The molecular formula is C12H23F3N2O. The van der Waals surface area contributed by atoms with Crippen molar-refractivity contribution in [1.82, 2.24) is 10.2 Å². The molecular weight excluding hydrogens is 245 g/mol. The van der Waals surface area contributed by atoms with E-state index in [1.165, 1.54) is 0 Å². The lowest BCUT2D eigenvalue weighted by molar-refractivity contribution is -0.149. The molecule has 18 heavy (non-hydrogen) atoms. The SMILES string of the molecule is CC(C)N1CC(CC(F)(F)F)CC(NCCO)C1. The molecule has 0 aromatic carbocycles. The molecule has 1 saturated heterocycles. The molecule has 108 valence electrons. The molecule has 6 heteroatoms. The molecule has 0 aromatic heterocycles. The second kappa shape index (κ2) is 6.73. The van der Waals surface area contributed by atoms with Crippen molar-refractivity contribution in [2.45, 2.75) is 44.9 Å². The van der Waals surface area contributed by atoms with Gasteiger partial charge in [0.2, 0.25) is 0 Å². The van der Waals surface area contributed by atoms with E-state index in [2.05, 4.69) is 10.2 Å². The number of halogens is 3. The molecule has 0 spiro atoms. The molecule has 0 aromatic rings. The second-order valence-corrected chi connectivity index (χ2v) is 5.34. The first-order chi connectivity index (χ1) is 8.31. The van der Waals surface area contributed by atoms with Crippen molar-refractivity contribution in [2.24, 2.45) is 5.92 Å². The highest BCUT2D eigenvalue weighted by Gasteiger charge is 2.36. The molecule has 0 saturated carbocycles. The summed E-state index contributed by atoms with van der Waals surface area (Å²) in [6, 6.07) is 0.292. The van der Waals surface area contributed by atoms with Crippen molar-refractivity contribution in [2.75, 3.05) is 26.2 Å². The van der Waals surface area contributed by atoms with Crippen LogP contribution in [0.2, 0.25) is 0 Å². The van der Waals surface area contributed by atoms with Crippen LogP contribution >= 0.6 is 0 Å². The van der Waals surface area contributed by atoms with Gasteiger partial charge in [0.1, 0.15) is 0 Å². The minimum Gasteiger partial charge on any atom is -0.395 e. The van der Waals surface area contributed by atoms with Gasteiger partial charge in [-0.2, -0.15) is 13.2 Å². The van der Waals surface area contributed by atoms with E-state index in [4.69, 9.17) is 5.11 Å². The minimum absolute atomic E-state index is 0.0160. The van der Waals surface area contributed by atoms with Gasteiger partial charge >= 0.3 is 6.18 Å². The predicted molar refractivity (Wildman–Crippen MR) is 64.4 cm³/mol. The van der Waals surface area contributed by atoms with Gasteiger partial charge in [0.15, 0.2) is 0 Å². The van der Waals surface area contributed by atoms with E-state index in [1.807, 2.05) is 13.8 Å². The Labute approximate surface area is 106 Å². The van der Waals surface area contributed by atoms with E-state index in [-0.39, 0.29) is 24.6 Å². The third-order valence-corrected chi connectivity index (χ3v) is 3.36. The van der Waals surface area contributed by atoms with E-state index in [0.717, 1.165) is 6.54 Å². The number of nitrogens with zero attached hydrogens (tertiary/aromatic N) is 1. The van der Waals surface area contributed by atoms with Gasteiger partial charge < -0.3 is 10.4 Å². The summed E-state index contributed by atoms with van der Waals surface area (Å²) in [5, 5.41) is 11.9. The standard InChI is InChI=1S/C12H23F3N2O/c1-9(2)17-7-10(6-12(13,14)15)5-11(8-17)16-3-4-18/h9-11,16,18H,3-8H2,1-2H3. The maximum absolute atomic E-state index is 12.5. The van der Waals surface area contributed by atoms with Gasteiger partial charge in [0.05, 0.1) is 6.61 Å². The van der Waals surface area contributed by atoms with Gasteiger partial charge in [-0.3, -0.25) is 4.90 Å². The van der Waals surface area contributed by atoms with E-state index >= 15 is 0 Å². The van der Waals surface area contributed by atoms with Crippen LogP contribution in [0, 0.1) is 5.92 Å². The monoisotopic (exact) mass is 268 g/mol. The molecule has 1 heterocycles. The van der Waals surface area contributed by atoms with Crippen LogP contribution in [0.25, 0.3) is 0 Å². The Morgan fingerprint density at radius 2 is 2.00 bits per heavy atom. The molecule has 0 radical (unpaired) electrons. The van der Waals surface area contributed by atoms with Crippen LogP contribution in [-0.2, 0) is 0 Å². The van der Waals surface area contributed by atoms with Crippen LogP contribution in [0.1, 0.15) is 26.7 Å². The Bertz CT molecular complexity index is 246. The lowest BCUT2D eigenvalue weighted by Gasteiger charge is -2.40. The Morgan fingerprint density at radius 1 is 1.33 bits per heavy atom. The van der Waals surface area contributed by atoms with Crippen LogP contribution in [0.3, 0.4) is 0 Å². The highest BCUT2D eigenvalue weighted by Crippen LogP contribution is 2.30. The van der Waals surface area contributed by atoms with E-state index in [9.17, 15) is 13.2 Å². The topological polar surface area (TPSA) is 35.5 Å². The third-order valence-electron chi connectivity index (χ3n) is 3.36. The summed E-state index contributed by atoms with van der Waals surface area (Å²) < 4.78 is 37.4. The zero-order chi connectivity index (χ0) is 13.8. The smallest absolute Gasteiger partial charge is 0.389 e. The number of piperidine rings is 1. The van der Waals surface area contributed by atoms with Gasteiger partial charge in [-0.25, -0.2) is 0 Å². The number of hydrogen-bond donors (Lipinski definition) is 2. The fourth-order valence-corrected chi connectivity index (χ4v) is 2.55. The number of hydrogen-bond acceptors (Lipinski definition) is 3. The molecule has 2 N–H and O–H groups in total. The first kappa shape index (κ1) is 15.7. The maximum atomic E-state index is 12.5. The molecule has 1 fully saturated rings. The largest absolute Gasteiger partial charge is 0.395 e. The summed E-state index contributed by atoms with van der Waals surface area (Å²) in [5.74, 6) is -0.350. The third kappa shape index (κ3) is 5.54. The fourth-order valence-electron chi connectivity index (χ4n) is 2.55.